The summed E-state index contributed by atoms with van der Waals surface area (Å²) in [5, 5.41) is 6.87. The lowest BCUT2D eigenvalue weighted by Gasteiger charge is -2.21. The molecule has 3 aromatic rings. The van der Waals surface area contributed by atoms with Gasteiger partial charge in [-0.1, -0.05) is 24.3 Å². The Balaban J connectivity index is 1.34. The lowest BCUT2D eigenvalue weighted by Crippen LogP contribution is -2.33. The summed E-state index contributed by atoms with van der Waals surface area (Å²) in [4.78, 5) is 30.6. The largest absolute Gasteiger partial charge is 0.444 e. The molecule has 0 fully saturated rings. The van der Waals surface area contributed by atoms with Crippen molar-refractivity contribution in [1.29, 1.82) is 0 Å². The Morgan fingerprint density at radius 3 is 2.72 bits per heavy atom. The lowest BCUT2D eigenvalue weighted by molar-refractivity contribution is -0.120. The monoisotopic (exact) mass is 407 g/mol. The third-order valence-corrected chi connectivity index (χ3v) is 5.44. The summed E-state index contributed by atoms with van der Waals surface area (Å²) < 4.78 is 5.51. The summed E-state index contributed by atoms with van der Waals surface area (Å²) in [6.45, 7) is 1.76. The Kier molecular flexibility index (Phi) is 5.86. The van der Waals surface area contributed by atoms with Gasteiger partial charge >= 0.3 is 0 Å². The molecule has 6 nitrogen and oxygen atoms in total. The highest BCUT2D eigenvalue weighted by molar-refractivity contribution is 7.08. The first-order valence-electron chi connectivity index (χ1n) is 9.46. The molecule has 29 heavy (non-hydrogen) atoms. The molecule has 1 aliphatic heterocycles. The number of nitrogens with one attached hydrogen (secondary N) is 1. The average Bonchev–Trinajstić information content (AvgIpc) is 3.45. The van der Waals surface area contributed by atoms with Crippen LogP contribution >= 0.6 is 11.3 Å². The molecular weight excluding hydrogens is 386 g/mol. The van der Waals surface area contributed by atoms with Crippen LogP contribution in [0.5, 0.6) is 0 Å². The maximum Gasteiger partial charge on any atom is 0.276 e. The van der Waals surface area contributed by atoms with Crippen molar-refractivity contribution in [3.8, 4) is 11.5 Å². The fraction of sp³-hybridized carbons (Fsp3) is 0.227. The number of hydrogen-bond acceptors (Lipinski definition) is 5. The summed E-state index contributed by atoms with van der Waals surface area (Å²) >= 11 is 1.59. The Labute approximate surface area is 172 Å². The van der Waals surface area contributed by atoms with Crippen molar-refractivity contribution < 1.29 is 14.0 Å². The van der Waals surface area contributed by atoms with Crippen molar-refractivity contribution in [2.24, 2.45) is 0 Å². The van der Waals surface area contributed by atoms with Gasteiger partial charge in [0.25, 0.3) is 5.91 Å². The van der Waals surface area contributed by atoms with Gasteiger partial charge < -0.3 is 14.6 Å². The van der Waals surface area contributed by atoms with Crippen molar-refractivity contribution >= 4 is 23.2 Å². The minimum atomic E-state index is -0.116. The number of thiophene rings is 1. The van der Waals surface area contributed by atoms with Crippen LogP contribution in [0.15, 0.2) is 63.9 Å². The number of carbonyl (C=O) groups excluding carboxylic acids is 2. The van der Waals surface area contributed by atoms with E-state index in [4.69, 9.17) is 4.42 Å². The van der Waals surface area contributed by atoms with Gasteiger partial charge in [0, 0.05) is 25.2 Å². The molecule has 0 aliphatic carbocycles. The molecule has 1 aromatic carbocycles. The minimum Gasteiger partial charge on any atom is -0.444 e. The summed E-state index contributed by atoms with van der Waals surface area (Å²) in [6, 6.07) is 9.55. The Morgan fingerprint density at radius 1 is 1.14 bits per heavy atom. The van der Waals surface area contributed by atoms with Gasteiger partial charge in [0.2, 0.25) is 11.8 Å². The SMILES string of the molecule is O=C(Cc1ccsc1)NCc1ccc(-c2nc(C(=O)N3CC=CCC3)co2)cc1. The molecule has 0 radical (unpaired) electrons. The van der Waals surface area contributed by atoms with Crippen LogP contribution in [0.25, 0.3) is 11.5 Å². The highest BCUT2D eigenvalue weighted by Crippen LogP contribution is 2.20. The summed E-state index contributed by atoms with van der Waals surface area (Å²) in [7, 11) is 0. The zero-order valence-electron chi connectivity index (χ0n) is 15.8. The molecular formula is C22H21N3O3S. The van der Waals surface area contributed by atoms with E-state index in [1.807, 2.05) is 47.2 Å². The third-order valence-electron chi connectivity index (χ3n) is 4.70. The number of hydrogen-bond donors (Lipinski definition) is 1. The summed E-state index contributed by atoms with van der Waals surface area (Å²) in [5.74, 6) is 0.291. The van der Waals surface area contributed by atoms with Crippen LogP contribution in [-0.4, -0.2) is 34.8 Å². The first kappa shape index (κ1) is 19.1. The number of amides is 2. The van der Waals surface area contributed by atoms with Gasteiger partial charge in [-0.25, -0.2) is 4.98 Å². The van der Waals surface area contributed by atoms with Gasteiger partial charge in [-0.05, 0) is 46.5 Å². The van der Waals surface area contributed by atoms with E-state index in [-0.39, 0.29) is 11.8 Å². The van der Waals surface area contributed by atoms with Crippen LogP contribution in [0.4, 0.5) is 0 Å². The number of carbonyl (C=O) groups is 2. The second-order valence-electron chi connectivity index (χ2n) is 6.83. The molecule has 0 bridgehead atoms. The van der Waals surface area contributed by atoms with Crippen LogP contribution in [0.2, 0.25) is 0 Å². The standard InChI is InChI=1S/C22H21N3O3S/c26-20(12-17-8-11-29-15-17)23-13-16-4-6-18(7-5-16)21-24-19(14-28-21)22(27)25-9-2-1-3-10-25/h1-2,4-8,11,14-15H,3,9-10,12-13H2,(H,23,26). The Morgan fingerprint density at radius 2 is 2.00 bits per heavy atom. The fourth-order valence-corrected chi connectivity index (χ4v) is 3.77. The van der Waals surface area contributed by atoms with E-state index in [1.165, 1.54) is 6.26 Å². The predicted octanol–water partition coefficient (Wildman–Crippen LogP) is 3.66. The summed E-state index contributed by atoms with van der Waals surface area (Å²) in [6.07, 6.45) is 6.72. The Hall–Kier alpha value is -3.19. The van der Waals surface area contributed by atoms with Crippen LogP contribution in [-0.2, 0) is 17.8 Å². The number of aromatic nitrogens is 1. The van der Waals surface area contributed by atoms with Gasteiger partial charge in [0.1, 0.15) is 6.26 Å². The molecule has 148 valence electrons. The first-order chi connectivity index (χ1) is 14.2. The van der Waals surface area contributed by atoms with E-state index in [2.05, 4.69) is 16.4 Å². The van der Waals surface area contributed by atoms with Crippen molar-refractivity contribution in [3.63, 3.8) is 0 Å². The lowest BCUT2D eigenvalue weighted by atomic mass is 10.1. The van der Waals surface area contributed by atoms with E-state index < -0.39 is 0 Å². The third kappa shape index (κ3) is 4.81. The molecule has 2 amide bonds. The topological polar surface area (TPSA) is 75.4 Å². The minimum absolute atomic E-state index is 0.00381. The molecule has 7 heteroatoms. The van der Waals surface area contributed by atoms with Gasteiger partial charge in [-0.3, -0.25) is 9.59 Å². The number of nitrogens with zero attached hydrogens (tertiary/aromatic N) is 2. The average molecular weight is 407 g/mol. The second-order valence-corrected chi connectivity index (χ2v) is 7.61. The molecule has 1 aliphatic rings. The highest BCUT2D eigenvalue weighted by atomic mass is 32.1. The summed E-state index contributed by atoms with van der Waals surface area (Å²) in [5.41, 5.74) is 3.11. The molecule has 0 spiro atoms. The van der Waals surface area contributed by atoms with Crippen LogP contribution in [0.1, 0.15) is 28.0 Å². The van der Waals surface area contributed by atoms with Gasteiger partial charge in [0.05, 0.1) is 6.42 Å². The number of oxazole rings is 1. The normalized spacial score (nSPS) is 13.4. The van der Waals surface area contributed by atoms with Crippen LogP contribution in [0.3, 0.4) is 0 Å². The van der Waals surface area contributed by atoms with Crippen LogP contribution < -0.4 is 5.32 Å². The molecule has 0 saturated heterocycles. The van der Waals surface area contributed by atoms with Crippen molar-refractivity contribution in [3.05, 3.63) is 76.3 Å². The smallest absolute Gasteiger partial charge is 0.276 e. The molecule has 0 saturated carbocycles. The zero-order chi connectivity index (χ0) is 20.1. The maximum atomic E-state index is 12.5. The first-order valence-corrected chi connectivity index (χ1v) is 10.4. The maximum absolute atomic E-state index is 12.5. The Bertz CT molecular complexity index is 1010. The van der Waals surface area contributed by atoms with Gasteiger partial charge in [0.15, 0.2) is 5.69 Å². The van der Waals surface area contributed by atoms with Gasteiger partial charge in [-0.2, -0.15) is 11.3 Å². The molecule has 3 heterocycles. The van der Waals surface area contributed by atoms with E-state index in [0.717, 1.165) is 23.1 Å². The zero-order valence-corrected chi connectivity index (χ0v) is 16.7. The highest BCUT2D eigenvalue weighted by Gasteiger charge is 2.20. The van der Waals surface area contributed by atoms with E-state index in [1.54, 1.807) is 16.2 Å². The second kappa shape index (κ2) is 8.87. The quantitative estimate of drug-likeness (QED) is 0.633. The fourth-order valence-electron chi connectivity index (χ4n) is 3.10. The molecule has 0 unspecified atom stereocenters. The van der Waals surface area contributed by atoms with Crippen molar-refractivity contribution in [2.75, 3.05) is 13.1 Å². The van der Waals surface area contributed by atoms with E-state index >= 15 is 0 Å². The molecule has 2 aromatic heterocycles. The van der Waals surface area contributed by atoms with E-state index in [0.29, 0.717) is 37.6 Å². The predicted molar refractivity (Wildman–Crippen MR) is 111 cm³/mol. The van der Waals surface area contributed by atoms with Crippen molar-refractivity contribution in [1.82, 2.24) is 15.2 Å². The van der Waals surface area contributed by atoms with Crippen molar-refractivity contribution in [2.45, 2.75) is 19.4 Å². The number of rotatable bonds is 6. The van der Waals surface area contributed by atoms with Gasteiger partial charge in [-0.15, -0.1) is 0 Å². The molecule has 0 atom stereocenters. The van der Waals surface area contributed by atoms with Crippen LogP contribution in [0, 0.1) is 0 Å². The number of benzene rings is 1. The van der Waals surface area contributed by atoms with E-state index in [9.17, 15) is 9.59 Å². The molecule has 1 N–H and O–H groups in total. The molecule has 4 rings (SSSR count).